The zero-order chi connectivity index (χ0) is 10.1. The van der Waals surface area contributed by atoms with Gasteiger partial charge >= 0.3 is 5.51 Å². The maximum Gasteiger partial charge on any atom is 0.470 e. The Balaban J connectivity index is 2.45. The van der Waals surface area contributed by atoms with Gasteiger partial charge in [-0.25, -0.2) is 0 Å². The summed E-state index contributed by atoms with van der Waals surface area (Å²) >= 11 is -0.877. The van der Waals surface area contributed by atoms with Gasteiger partial charge in [0.25, 0.3) is 11.8 Å². The van der Waals surface area contributed by atoms with Gasteiger partial charge in [0.05, 0.1) is 0 Å². The van der Waals surface area contributed by atoms with Crippen LogP contribution in [0.25, 0.3) is 0 Å². The number of alkyl halides is 3. The fourth-order valence-electron chi connectivity index (χ4n) is 0.719. The summed E-state index contributed by atoms with van der Waals surface area (Å²) in [5.41, 5.74) is -4.62. The molecule has 2 amide bonds. The molecule has 0 saturated carbocycles. The average molecular weight is 215 g/mol. The maximum atomic E-state index is 11.6. The van der Waals surface area contributed by atoms with Crippen LogP contribution in [0, 0.1) is 0 Å². The molecule has 0 unspecified atom stereocenters. The Hall–Kier alpha value is -0.760. The molecule has 1 aliphatic heterocycles. The van der Waals surface area contributed by atoms with Crippen LogP contribution >= 0.6 is 12.0 Å². The van der Waals surface area contributed by atoms with Gasteiger partial charge < -0.3 is 0 Å². The summed E-state index contributed by atoms with van der Waals surface area (Å²) < 4.78 is 38.6. The summed E-state index contributed by atoms with van der Waals surface area (Å²) in [4.78, 5) is 21.4. The van der Waals surface area contributed by atoms with E-state index in [9.17, 15) is 22.8 Å². The molecule has 0 spiro atoms. The van der Waals surface area contributed by atoms with Crippen molar-refractivity contribution in [2.75, 3.05) is 0 Å². The van der Waals surface area contributed by atoms with Crippen molar-refractivity contribution < 1.29 is 27.0 Å². The molecule has 0 bridgehead atoms. The maximum absolute atomic E-state index is 11.6. The molecule has 13 heavy (non-hydrogen) atoms. The van der Waals surface area contributed by atoms with E-state index in [1.807, 2.05) is 0 Å². The highest BCUT2D eigenvalue weighted by atomic mass is 32.2. The summed E-state index contributed by atoms with van der Waals surface area (Å²) in [6, 6.07) is 0. The highest BCUT2D eigenvalue weighted by molar-refractivity contribution is 7.95. The number of halogens is 3. The zero-order valence-electron chi connectivity index (χ0n) is 6.13. The van der Waals surface area contributed by atoms with Gasteiger partial charge in [-0.1, -0.05) is 0 Å². The number of hydroxylamine groups is 2. The largest absolute Gasteiger partial charge is 0.470 e. The number of imide groups is 1. The second kappa shape index (κ2) is 3.54. The molecule has 0 aromatic rings. The van der Waals surface area contributed by atoms with Gasteiger partial charge in [0.15, 0.2) is 0 Å². The van der Waals surface area contributed by atoms with Crippen LogP contribution in [0.4, 0.5) is 13.2 Å². The van der Waals surface area contributed by atoms with Crippen LogP contribution in [0.5, 0.6) is 0 Å². The Morgan fingerprint density at radius 2 is 1.69 bits per heavy atom. The molecule has 0 N–H and O–H groups in total. The fourth-order valence-corrected chi connectivity index (χ4v) is 1.04. The van der Waals surface area contributed by atoms with E-state index in [4.69, 9.17) is 0 Å². The van der Waals surface area contributed by atoms with Gasteiger partial charge in [0.1, 0.15) is 12.0 Å². The average Bonchev–Trinajstić information content (AvgIpc) is 2.27. The van der Waals surface area contributed by atoms with Gasteiger partial charge in [-0.05, 0) is 0 Å². The van der Waals surface area contributed by atoms with Gasteiger partial charge in [-0.15, -0.1) is 5.06 Å². The van der Waals surface area contributed by atoms with Crippen LogP contribution in [0.1, 0.15) is 12.8 Å². The number of carbonyl (C=O) groups excluding carboxylic acids is 2. The van der Waals surface area contributed by atoms with Gasteiger partial charge in [-0.3, -0.25) is 9.59 Å². The van der Waals surface area contributed by atoms with Crippen LogP contribution < -0.4 is 0 Å². The quantitative estimate of drug-likeness (QED) is 0.513. The SMILES string of the molecule is O=C1CCC(=O)N1OSC(F)(F)F. The third-order valence-corrected chi connectivity index (χ3v) is 1.62. The van der Waals surface area contributed by atoms with Crippen molar-refractivity contribution in [2.24, 2.45) is 0 Å². The van der Waals surface area contributed by atoms with E-state index in [0.29, 0.717) is 0 Å². The first-order chi connectivity index (χ1) is 5.90. The van der Waals surface area contributed by atoms with Crippen molar-refractivity contribution in [3.8, 4) is 0 Å². The van der Waals surface area contributed by atoms with Crippen LogP contribution in [-0.2, 0) is 13.9 Å². The molecule has 0 aromatic carbocycles. The lowest BCUT2D eigenvalue weighted by molar-refractivity contribution is -0.163. The zero-order valence-corrected chi connectivity index (χ0v) is 6.94. The number of rotatable bonds is 2. The standard InChI is InChI=1S/C5H4F3NO3S/c6-5(7,8)13-12-9-3(10)1-2-4(9)11/h1-2H2. The summed E-state index contributed by atoms with van der Waals surface area (Å²) in [6.07, 6.45) is -0.200. The molecule has 74 valence electrons. The Bertz CT molecular complexity index is 226. The van der Waals surface area contributed by atoms with E-state index in [-0.39, 0.29) is 17.9 Å². The van der Waals surface area contributed by atoms with Crippen LogP contribution in [0.3, 0.4) is 0 Å². The molecular weight excluding hydrogens is 211 g/mol. The lowest BCUT2D eigenvalue weighted by Gasteiger charge is -2.12. The second-order valence-corrected chi connectivity index (χ2v) is 2.96. The predicted octanol–water partition coefficient (Wildman–Crippen LogP) is 1.24. The summed E-state index contributed by atoms with van der Waals surface area (Å²) in [7, 11) is 0. The van der Waals surface area contributed by atoms with Crippen molar-refractivity contribution >= 4 is 23.9 Å². The summed E-state index contributed by atoms with van der Waals surface area (Å²) in [6.45, 7) is 0. The number of hydrogen-bond acceptors (Lipinski definition) is 4. The Kier molecular flexibility index (Phi) is 2.81. The number of carbonyl (C=O) groups is 2. The molecule has 1 heterocycles. The molecule has 0 aromatic heterocycles. The van der Waals surface area contributed by atoms with E-state index < -0.39 is 29.4 Å². The van der Waals surface area contributed by atoms with Crippen molar-refractivity contribution in [3.05, 3.63) is 0 Å². The Morgan fingerprint density at radius 1 is 1.23 bits per heavy atom. The van der Waals surface area contributed by atoms with Crippen molar-refractivity contribution in [2.45, 2.75) is 18.3 Å². The smallest absolute Gasteiger partial charge is 0.272 e. The molecule has 0 atom stereocenters. The summed E-state index contributed by atoms with van der Waals surface area (Å²) in [5, 5.41) is 0.137. The number of amides is 2. The molecule has 1 aliphatic rings. The number of hydrogen-bond donors (Lipinski definition) is 0. The third-order valence-electron chi connectivity index (χ3n) is 1.21. The normalized spacial score (nSPS) is 18.5. The molecule has 1 saturated heterocycles. The molecule has 0 aliphatic carbocycles. The first-order valence-corrected chi connectivity index (χ1v) is 3.92. The topological polar surface area (TPSA) is 46.6 Å². The van der Waals surface area contributed by atoms with Crippen molar-refractivity contribution in [1.82, 2.24) is 5.06 Å². The summed E-state index contributed by atoms with van der Waals surface area (Å²) in [5.74, 6) is -1.50. The van der Waals surface area contributed by atoms with Crippen molar-refractivity contribution in [1.29, 1.82) is 0 Å². The third kappa shape index (κ3) is 2.88. The van der Waals surface area contributed by atoms with E-state index in [0.717, 1.165) is 0 Å². The van der Waals surface area contributed by atoms with Crippen LogP contribution in [0.2, 0.25) is 0 Å². The minimum Gasteiger partial charge on any atom is -0.272 e. The van der Waals surface area contributed by atoms with Gasteiger partial charge in [0, 0.05) is 12.8 Å². The predicted molar refractivity (Wildman–Crippen MR) is 35.8 cm³/mol. The lowest BCUT2D eigenvalue weighted by atomic mass is 10.4. The second-order valence-electron chi connectivity index (χ2n) is 2.19. The van der Waals surface area contributed by atoms with Crippen molar-refractivity contribution in [3.63, 3.8) is 0 Å². The minimum absolute atomic E-state index is 0.0999. The monoisotopic (exact) mass is 215 g/mol. The molecule has 1 rings (SSSR count). The van der Waals surface area contributed by atoms with E-state index in [2.05, 4.69) is 4.28 Å². The molecule has 8 heteroatoms. The molecular formula is C5H4F3NO3S. The van der Waals surface area contributed by atoms with E-state index in [1.54, 1.807) is 0 Å². The van der Waals surface area contributed by atoms with Crippen LogP contribution in [0.15, 0.2) is 0 Å². The highest BCUT2D eigenvalue weighted by Crippen LogP contribution is 2.32. The fraction of sp³-hybridized carbons (Fsp3) is 0.600. The van der Waals surface area contributed by atoms with E-state index >= 15 is 0 Å². The molecule has 0 radical (unpaired) electrons. The Morgan fingerprint density at radius 3 is 2.08 bits per heavy atom. The lowest BCUT2D eigenvalue weighted by Crippen LogP contribution is -2.27. The molecule has 4 nitrogen and oxygen atoms in total. The van der Waals surface area contributed by atoms with Crippen LogP contribution in [-0.4, -0.2) is 22.4 Å². The Labute approximate surface area is 75.2 Å². The van der Waals surface area contributed by atoms with Gasteiger partial charge in [-0.2, -0.15) is 17.5 Å². The number of nitrogens with zero attached hydrogens (tertiary/aromatic N) is 1. The van der Waals surface area contributed by atoms with Gasteiger partial charge in [0.2, 0.25) is 0 Å². The molecule has 1 fully saturated rings. The highest BCUT2D eigenvalue weighted by Gasteiger charge is 2.37. The van der Waals surface area contributed by atoms with E-state index in [1.165, 1.54) is 0 Å². The minimum atomic E-state index is -4.62. The first kappa shape index (κ1) is 10.3. The first-order valence-electron chi connectivity index (χ1n) is 3.18.